The summed E-state index contributed by atoms with van der Waals surface area (Å²) < 4.78 is 0. The SMILES string of the molecule is O=C1CCC(N2Cc3cc(CN4C[C@@H]5C[C@H]4CN5c4cccc(Cl)c4Cl)ccc3C2=O)C(=O)N1. The number of hydrogen-bond donors (Lipinski definition) is 1. The predicted octanol–water partition coefficient (Wildman–Crippen LogP) is 3.22. The number of piperidine rings is 1. The van der Waals surface area contributed by atoms with Gasteiger partial charge < -0.3 is 9.80 Å². The normalized spacial score (nSPS) is 26.4. The van der Waals surface area contributed by atoms with Crippen LogP contribution in [-0.4, -0.2) is 58.7 Å². The van der Waals surface area contributed by atoms with Crippen molar-refractivity contribution >= 4 is 46.6 Å². The third kappa shape index (κ3) is 3.58. The van der Waals surface area contributed by atoms with Crippen molar-refractivity contribution in [2.75, 3.05) is 18.0 Å². The monoisotopic (exact) mass is 498 g/mol. The number of anilines is 1. The fourth-order valence-corrected chi connectivity index (χ4v) is 6.32. The molecule has 0 radical (unpaired) electrons. The zero-order valence-corrected chi connectivity index (χ0v) is 20.0. The first-order chi connectivity index (χ1) is 16.4. The molecule has 2 aromatic carbocycles. The van der Waals surface area contributed by atoms with Crippen LogP contribution in [0.5, 0.6) is 0 Å². The Kier molecular flexibility index (Phi) is 5.32. The van der Waals surface area contributed by atoms with Gasteiger partial charge in [-0.1, -0.05) is 41.4 Å². The minimum atomic E-state index is -0.584. The number of nitrogens with one attached hydrogen (secondary N) is 1. The van der Waals surface area contributed by atoms with Crippen LogP contribution < -0.4 is 10.2 Å². The molecule has 34 heavy (non-hydrogen) atoms. The van der Waals surface area contributed by atoms with Gasteiger partial charge in [0.25, 0.3) is 5.91 Å². The van der Waals surface area contributed by atoms with Crippen LogP contribution in [0.2, 0.25) is 10.0 Å². The van der Waals surface area contributed by atoms with Crippen LogP contribution in [0, 0.1) is 0 Å². The van der Waals surface area contributed by atoms with Gasteiger partial charge in [-0.25, -0.2) is 0 Å². The second-order valence-corrected chi connectivity index (χ2v) is 10.4. The fraction of sp³-hybridized carbons (Fsp3) is 0.400. The first kappa shape index (κ1) is 21.9. The number of hydrogen-bond acceptors (Lipinski definition) is 5. The molecule has 4 aliphatic heterocycles. The maximum atomic E-state index is 12.9. The largest absolute Gasteiger partial charge is 0.364 e. The van der Waals surface area contributed by atoms with Gasteiger partial charge in [0.1, 0.15) is 6.04 Å². The fourth-order valence-electron chi connectivity index (χ4n) is 5.91. The maximum Gasteiger partial charge on any atom is 0.255 e. The van der Waals surface area contributed by atoms with Crippen LogP contribution in [0.1, 0.15) is 40.7 Å². The molecule has 0 saturated carbocycles. The Morgan fingerprint density at radius 2 is 1.85 bits per heavy atom. The van der Waals surface area contributed by atoms with E-state index in [-0.39, 0.29) is 24.1 Å². The van der Waals surface area contributed by atoms with Crippen LogP contribution in [0.3, 0.4) is 0 Å². The Hall–Kier alpha value is -2.61. The van der Waals surface area contributed by atoms with Crippen LogP contribution >= 0.6 is 23.2 Å². The number of piperazine rings is 1. The minimum absolute atomic E-state index is 0.134. The summed E-state index contributed by atoms with van der Waals surface area (Å²) in [5, 5.41) is 3.55. The zero-order chi connectivity index (χ0) is 23.6. The summed E-state index contributed by atoms with van der Waals surface area (Å²) >= 11 is 12.7. The van der Waals surface area contributed by atoms with E-state index < -0.39 is 6.04 Å². The van der Waals surface area contributed by atoms with Crippen molar-refractivity contribution < 1.29 is 14.4 Å². The molecule has 7 nitrogen and oxygen atoms in total. The third-order valence-corrected chi connectivity index (χ3v) is 8.38. The molecule has 2 aromatic rings. The number of carbonyl (C=O) groups is 3. The van der Waals surface area contributed by atoms with E-state index in [0.29, 0.717) is 40.7 Å². The standard InChI is InChI=1S/C25H24Cl2N4O3/c26-19-2-1-3-20(23(19)27)30-13-16-9-17(30)12-29(16)10-14-4-5-18-15(8-14)11-31(25(18)34)21-6-7-22(32)28-24(21)33/h1-5,8,16-17,21H,6-7,9-13H2,(H,28,32,33)/t16-,17-,21?/m0/s1. The highest BCUT2D eigenvalue weighted by Crippen LogP contribution is 2.40. The van der Waals surface area contributed by atoms with Crippen LogP contribution in [-0.2, 0) is 22.7 Å². The van der Waals surface area contributed by atoms with Crippen molar-refractivity contribution in [3.8, 4) is 0 Å². The first-order valence-corrected chi connectivity index (χ1v) is 12.4. The lowest BCUT2D eigenvalue weighted by Crippen LogP contribution is -2.52. The minimum Gasteiger partial charge on any atom is -0.364 e. The quantitative estimate of drug-likeness (QED) is 0.655. The highest BCUT2D eigenvalue weighted by Gasteiger charge is 2.44. The smallest absolute Gasteiger partial charge is 0.255 e. The molecule has 1 N–H and O–H groups in total. The van der Waals surface area contributed by atoms with Gasteiger partial charge in [0.05, 0.1) is 15.7 Å². The van der Waals surface area contributed by atoms with Crippen LogP contribution in [0.25, 0.3) is 0 Å². The molecule has 4 heterocycles. The van der Waals surface area contributed by atoms with E-state index >= 15 is 0 Å². The molecular formula is C25H24Cl2N4O3. The van der Waals surface area contributed by atoms with Gasteiger partial charge in [-0.05, 0) is 42.2 Å². The van der Waals surface area contributed by atoms with Crippen molar-refractivity contribution in [1.29, 1.82) is 0 Å². The lowest BCUT2D eigenvalue weighted by atomic mass is 10.0. The average molecular weight is 499 g/mol. The number of fused-ring (bicyclic) bond motifs is 3. The third-order valence-electron chi connectivity index (χ3n) is 7.57. The molecule has 0 aromatic heterocycles. The molecular weight excluding hydrogens is 475 g/mol. The molecule has 3 atom stereocenters. The Labute approximate surface area is 207 Å². The Balaban J connectivity index is 1.13. The second kappa shape index (κ2) is 8.26. The van der Waals surface area contributed by atoms with E-state index in [2.05, 4.69) is 21.2 Å². The molecule has 0 aliphatic carbocycles. The molecule has 3 fully saturated rings. The van der Waals surface area contributed by atoms with Gasteiger partial charge in [0, 0.05) is 50.2 Å². The number of imide groups is 1. The summed E-state index contributed by atoms with van der Waals surface area (Å²) in [5.41, 5.74) is 3.77. The Morgan fingerprint density at radius 1 is 1.00 bits per heavy atom. The van der Waals surface area contributed by atoms with E-state index in [0.717, 1.165) is 42.9 Å². The summed E-state index contributed by atoms with van der Waals surface area (Å²) in [4.78, 5) is 43.1. The Morgan fingerprint density at radius 3 is 2.62 bits per heavy atom. The van der Waals surface area contributed by atoms with E-state index in [9.17, 15) is 14.4 Å². The number of benzene rings is 2. The van der Waals surface area contributed by atoms with Gasteiger partial charge in [-0.15, -0.1) is 0 Å². The molecule has 4 aliphatic rings. The van der Waals surface area contributed by atoms with E-state index in [1.54, 1.807) is 4.90 Å². The first-order valence-electron chi connectivity index (χ1n) is 11.6. The van der Waals surface area contributed by atoms with Gasteiger partial charge in [-0.2, -0.15) is 0 Å². The average Bonchev–Trinajstić information content (AvgIpc) is 3.49. The molecule has 6 rings (SSSR count). The summed E-state index contributed by atoms with van der Waals surface area (Å²) in [6, 6.07) is 12.0. The van der Waals surface area contributed by atoms with Crippen molar-refractivity contribution in [2.45, 2.75) is 50.5 Å². The highest BCUT2D eigenvalue weighted by atomic mass is 35.5. The molecule has 9 heteroatoms. The molecule has 3 amide bonds. The van der Waals surface area contributed by atoms with Crippen molar-refractivity contribution in [1.82, 2.24) is 15.1 Å². The van der Waals surface area contributed by atoms with Crippen molar-refractivity contribution in [3.63, 3.8) is 0 Å². The summed E-state index contributed by atoms with van der Waals surface area (Å²) in [7, 11) is 0. The number of amides is 3. The van der Waals surface area contributed by atoms with E-state index in [4.69, 9.17) is 23.2 Å². The van der Waals surface area contributed by atoms with Crippen LogP contribution in [0.15, 0.2) is 36.4 Å². The van der Waals surface area contributed by atoms with E-state index in [1.807, 2.05) is 30.3 Å². The lowest BCUT2D eigenvalue weighted by Gasteiger charge is -2.36. The predicted molar refractivity (Wildman–Crippen MR) is 129 cm³/mol. The summed E-state index contributed by atoms with van der Waals surface area (Å²) in [5.74, 6) is -0.788. The maximum absolute atomic E-state index is 12.9. The summed E-state index contributed by atoms with van der Waals surface area (Å²) in [6.07, 6.45) is 1.73. The zero-order valence-electron chi connectivity index (χ0n) is 18.5. The second-order valence-electron chi connectivity index (χ2n) is 9.59. The van der Waals surface area contributed by atoms with Gasteiger partial charge >= 0.3 is 0 Å². The molecule has 176 valence electrons. The number of carbonyl (C=O) groups excluding carboxylic acids is 3. The lowest BCUT2D eigenvalue weighted by molar-refractivity contribution is -0.136. The molecule has 0 spiro atoms. The summed E-state index contributed by atoms with van der Waals surface area (Å²) in [6.45, 7) is 3.09. The Bertz CT molecular complexity index is 1220. The highest BCUT2D eigenvalue weighted by molar-refractivity contribution is 6.43. The number of halogens is 2. The number of nitrogens with zero attached hydrogens (tertiary/aromatic N) is 3. The topological polar surface area (TPSA) is 73.0 Å². The van der Waals surface area contributed by atoms with Crippen molar-refractivity contribution in [3.05, 3.63) is 63.1 Å². The van der Waals surface area contributed by atoms with Crippen LogP contribution in [0.4, 0.5) is 5.69 Å². The molecule has 2 bridgehead atoms. The van der Waals surface area contributed by atoms with Gasteiger partial charge in [0.15, 0.2) is 0 Å². The van der Waals surface area contributed by atoms with Crippen molar-refractivity contribution in [2.24, 2.45) is 0 Å². The molecule has 1 unspecified atom stereocenters. The number of rotatable bonds is 4. The van der Waals surface area contributed by atoms with Gasteiger partial charge in [-0.3, -0.25) is 24.6 Å². The molecule has 3 saturated heterocycles. The van der Waals surface area contributed by atoms with E-state index in [1.165, 1.54) is 0 Å². The van der Waals surface area contributed by atoms with Gasteiger partial charge in [0.2, 0.25) is 11.8 Å². The number of likely N-dealkylation sites (tertiary alicyclic amines) is 1.